The minimum atomic E-state index is -4.50. The van der Waals surface area contributed by atoms with Crippen LogP contribution < -0.4 is 11.2 Å². The van der Waals surface area contributed by atoms with Gasteiger partial charge in [0.05, 0.1) is 30.5 Å². The molecule has 3 aromatic heterocycles. The van der Waals surface area contributed by atoms with Gasteiger partial charge in [0, 0.05) is 40.1 Å². The molecule has 4 aromatic rings. The highest BCUT2D eigenvalue weighted by atomic mass is 31.2. The van der Waals surface area contributed by atoms with Crippen LogP contribution in [0.5, 0.6) is 0 Å². The molecular weight excluding hydrogens is 592 g/mol. The molecule has 0 N–H and O–H groups in total. The highest BCUT2D eigenvalue weighted by Crippen LogP contribution is 2.53. The Hall–Kier alpha value is -3.52. The van der Waals surface area contributed by atoms with Gasteiger partial charge in [-0.05, 0) is 43.9 Å². The number of hydrogen-bond donors (Lipinski definition) is 0. The molecule has 4 rings (SSSR count). The molecule has 16 heteroatoms. The van der Waals surface area contributed by atoms with E-state index in [1.54, 1.807) is 20.1 Å². The fourth-order valence-electron chi connectivity index (χ4n) is 4.68. The van der Waals surface area contributed by atoms with Gasteiger partial charge in [0.25, 0.3) is 5.56 Å². The van der Waals surface area contributed by atoms with Crippen molar-refractivity contribution >= 4 is 18.9 Å². The lowest BCUT2D eigenvalue weighted by Gasteiger charge is -2.20. The number of methoxy groups -OCH3 is 1. The minimum Gasteiger partial charge on any atom is -0.385 e. The van der Waals surface area contributed by atoms with E-state index in [1.165, 1.54) is 34.8 Å². The Bertz CT molecular complexity index is 1740. The van der Waals surface area contributed by atoms with Gasteiger partial charge in [-0.1, -0.05) is 19.1 Å². The maximum atomic E-state index is 14.3. The second-order valence-electron chi connectivity index (χ2n) is 9.71. The van der Waals surface area contributed by atoms with Crippen molar-refractivity contribution in [2.24, 2.45) is 0 Å². The number of nitrogens with zero attached hydrogens (tertiary/aromatic N) is 6. The molecule has 1 atom stereocenters. The smallest absolute Gasteiger partial charge is 0.385 e. The molecule has 0 aliphatic rings. The van der Waals surface area contributed by atoms with Crippen LogP contribution >= 0.6 is 7.75 Å². The van der Waals surface area contributed by atoms with Gasteiger partial charge >= 0.3 is 19.6 Å². The quantitative estimate of drug-likeness (QED) is 0.145. The van der Waals surface area contributed by atoms with Gasteiger partial charge in [-0.2, -0.15) is 18.3 Å². The van der Waals surface area contributed by atoms with Crippen molar-refractivity contribution in [1.82, 2.24) is 28.2 Å². The second-order valence-corrected chi connectivity index (χ2v) is 11.7. The molecule has 234 valence electrons. The summed E-state index contributed by atoms with van der Waals surface area (Å²) in [6.07, 6.45) is -0.0265. The molecule has 0 fully saturated rings. The zero-order valence-corrected chi connectivity index (χ0v) is 25.2. The van der Waals surface area contributed by atoms with Crippen LogP contribution in [0.1, 0.15) is 44.2 Å². The van der Waals surface area contributed by atoms with E-state index in [-0.39, 0.29) is 48.8 Å². The first-order chi connectivity index (χ1) is 20.5. The third-order valence-corrected chi connectivity index (χ3v) is 8.58. The molecule has 0 radical (unpaired) electrons. The number of rotatable bonds is 14. The number of aryl methyl sites for hydroxylation is 1. The van der Waals surface area contributed by atoms with Crippen LogP contribution in [0, 0.1) is 0 Å². The van der Waals surface area contributed by atoms with Crippen LogP contribution in [0.25, 0.3) is 22.6 Å². The van der Waals surface area contributed by atoms with Crippen LogP contribution in [-0.2, 0) is 44.2 Å². The number of unbranched alkanes of at least 4 members (excludes halogenated alkanes) is 1. The van der Waals surface area contributed by atoms with E-state index in [1.807, 2.05) is 6.92 Å². The Morgan fingerprint density at radius 3 is 2.44 bits per heavy atom. The summed E-state index contributed by atoms with van der Waals surface area (Å²) in [7, 11) is -1.53. The van der Waals surface area contributed by atoms with Crippen LogP contribution in [0.3, 0.4) is 0 Å². The van der Waals surface area contributed by atoms with Crippen molar-refractivity contribution in [1.29, 1.82) is 0 Å². The van der Waals surface area contributed by atoms with Crippen LogP contribution in [-0.4, -0.2) is 55.7 Å². The summed E-state index contributed by atoms with van der Waals surface area (Å²) in [5.74, 6) is -0.0136. The zero-order chi connectivity index (χ0) is 31.4. The number of halogens is 3. The molecule has 0 spiro atoms. The minimum absolute atomic E-state index is 0.00857. The first kappa shape index (κ1) is 32.4. The van der Waals surface area contributed by atoms with Crippen molar-refractivity contribution in [3.8, 4) is 11.4 Å². The molecule has 1 aromatic carbocycles. The van der Waals surface area contributed by atoms with E-state index in [4.69, 9.17) is 13.8 Å². The Kier molecular flexibility index (Phi) is 10.1. The molecule has 43 heavy (non-hydrogen) atoms. The molecule has 0 bridgehead atoms. The van der Waals surface area contributed by atoms with Gasteiger partial charge in [-0.25, -0.2) is 18.7 Å². The van der Waals surface area contributed by atoms with E-state index in [2.05, 4.69) is 10.1 Å². The van der Waals surface area contributed by atoms with Gasteiger partial charge < -0.3 is 4.74 Å². The van der Waals surface area contributed by atoms with Gasteiger partial charge in [0.15, 0.2) is 17.0 Å². The molecule has 0 amide bonds. The second kappa shape index (κ2) is 13.4. The maximum absolute atomic E-state index is 14.3. The SMILES string of the molecule is CCCn1c(=O)c2c(nc(-c3cnn(Cc4cccc(C(F)(F)F)c4)c3)n2P(=O)(OC)OCCCCOC)n(CC)c1=O. The van der Waals surface area contributed by atoms with Crippen molar-refractivity contribution in [2.75, 3.05) is 27.4 Å². The van der Waals surface area contributed by atoms with Crippen LogP contribution in [0.2, 0.25) is 0 Å². The number of aromatic nitrogens is 6. The van der Waals surface area contributed by atoms with Crippen molar-refractivity contribution in [3.63, 3.8) is 0 Å². The van der Waals surface area contributed by atoms with Gasteiger partial charge in [-0.15, -0.1) is 0 Å². The topological polar surface area (TPSA) is 124 Å². The Labute approximate surface area is 245 Å². The van der Waals surface area contributed by atoms with E-state index >= 15 is 0 Å². The summed E-state index contributed by atoms with van der Waals surface area (Å²) in [5.41, 5.74) is -1.58. The summed E-state index contributed by atoms with van der Waals surface area (Å²) in [6, 6.07) is 4.87. The van der Waals surface area contributed by atoms with Crippen molar-refractivity contribution < 1.29 is 31.5 Å². The molecule has 1 unspecified atom stereocenters. The van der Waals surface area contributed by atoms with E-state index in [9.17, 15) is 27.3 Å². The lowest BCUT2D eigenvalue weighted by molar-refractivity contribution is -0.137. The number of imidazole rings is 1. The normalized spacial score (nSPS) is 13.6. The van der Waals surface area contributed by atoms with Crippen LogP contribution in [0.4, 0.5) is 13.2 Å². The average molecular weight is 627 g/mol. The van der Waals surface area contributed by atoms with Gasteiger partial charge in [0.1, 0.15) is 0 Å². The molecule has 0 saturated carbocycles. The monoisotopic (exact) mass is 626 g/mol. The summed E-state index contributed by atoms with van der Waals surface area (Å²) in [4.78, 5) is 31.5. The van der Waals surface area contributed by atoms with Gasteiger partial charge in [0.2, 0.25) is 0 Å². The number of fused-ring (bicyclic) bond motifs is 1. The Balaban J connectivity index is 1.88. The summed E-state index contributed by atoms with van der Waals surface area (Å²) < 4.78 is 75.1. The molecular formula is C27H34F3N6O6P. The lowest BCUT2D eigenvalue weighted by atomic mass is 10.1. The van der Waals surface area contributed by atoms with Crippen LogP contribution in [0.15, 0.2) is 46.2 Å². The number of ether oxygens (including phenoxy) is 1. The number of benzene rings is 1. The third kappa shape index (κ3) is 6.69. The highest BCUT2D eigenvalue weighted by Gasteiger charge is 2.36. The molecule has 3 heterocycles. The predicted molar refractivity (Wildman–Crippen MR) is 153 cm³/mol. The zero-order valence-electron chi connectivity index (χ0n) is 24.3. The van der Waals surface area contributed by atoms with Crippen molar-refractivity contribution in [2.45, 2.75) is 58.9 Å². The number of hydrogen-bond acceptors (Lipinski definition) is 8. The number of alkyl halides is 3. The fourth-order valence-corrected chi connectivity index (χ4v) is 6.23. The summed E-state index contributed by atoms with van der Waals surface area (Å²) >= 11 is 0. The van der Waals surface area contributed by atoms with Gasteiger partial charge in [-0.3, -0.25) is 27.7 Å². The van der Waals surface area contributed by atoms with E-state index < -0.39 is 30.7 Å². The van der Waals surface area contributed by atoms with E-state index in [0.717, 1.165) is 21.0 Å². The largest absolute Gasteiger partial charge is 0.441 e. The van der Waals surface area contributed by atoms with E-state index in [0.29, 0.717) is 31.4 Å². The lowest BCUT2D eigenvalue weighted by Crippen LogP contribution is -2.40. The standard InChI is InChI=1S/C27H34F3N6O6P/c1-5-12-35-25(37)22-24(34(6-2)26(35)38)32-23(36(22)43(39,41-4)42-14-8-7-13-40-3)20-16-31-33(18-20)17-19-10-9-11-21(15-19)27(28,29)30/h9-11,15-16,18H,5-8,12-14,17H2,1-4H3. The molecule has 0 saturated heterocycles. The maximum Gasteiger partial charge on any atom is 0.441 e. The molecule has 0 aliphatic heterocycles. The third-order valence-electron chi connectivity index (χ3n) is 6.73. The molecule has 0 aliphatic carbocycles. The summed E-state index contributed by atoms with van der Waals surface area (Å²) in [6.45, 7) is 4.30. The predicted octanol–water partition coefficient (Wildman–Crippen LogP) is 4.77. The molecule has 12 nitrogen and oxygen atoms in total. The fraction of sp³-hybridized carbons (Fsp3) is 0.481. The average Bonchev–Trinajstić information content (AvgIpc) is 3.60. The highest BCUT2D eigenvalue weighted by molar-refractivity contribution is 7.52. The van der Waals surface area contributed by atoms with Crippen molar-refractivity contribution in [3.05, 3.63) is 68.6 Å². The Morgan fingerprint density at radius 2 is 1.79 bits per heavy atom. The Morgan fingerprint density at radius 1 is 1.05 bits per heavy atom. The summed E-state index contributed by atoms with van der Waals surface area (Å²) in [5, 5.41) is 4.27. The first-order valence-corrected chi connectivity index (χ1v) is 15.2. The first-order valence-electron chi connectivity index (χ1n) is 13.7.